The number of fused-ring (bicyclic) bond motifs is 2. The molecule has 0 bridgehead atoms. The highest BCUT2D eigenvalue weighted by Gasteiger charge is 2.15. The van der Waals surface area contributed by atoms with E-state index in [1.165, 1.54) is 0 Å². The second-order valence-corrected chi connectivity index (χ2v) is 4.87. The molecule has 0 saturated heterocycles. The summed E-state index contributed by atoms with van der Waals surface area (Å²) in [6.45, 7) is 0. The van der Waals surface area contributed by atoms with Crippen LogP contribution in [0.5, 0.6) is 0 Å². The van der Waals surface area contributed by atoms with Gasteiger partial charge in [-0.2, -0.15) is 0 Å². The predicted molar refractivity (Wildman–Crippen MR) is 82.6 cm³/mol. The molecule has 6 heteroatoms. The van der Waals surface area contributed by atoms with Crippen molar-refractivity contribution in [2.24, 2.45) is 0 Å². The molecule has 2 aromatic heterocycles. The van der Waals surface area contributed by atoms with Gasteiger partial charge in [0.15, 0.2) is 0 Å². The molecule has 1 N–H and O–H groups in total. The van der Waals surface area contributed by atoms with Gasteiger partial charge in [0.1, 0.15) is 0 Å². The molecule has 21 heavy (non-hydrogen) atoms. The highest BCUT2D eigenvalue weighted by Crippen LogP contribution is 2.28. The molecule has 106 valence electrons. The lowest BCUT2D eigenvalue weighted by Crippen LogP contribution is -2.18. The van der Waals surface area contributed by atoms with Crippen LogP contribution in [0.4, 0.5) is 5.69 Å². The number of rotatable bonds is 1. The lowest BCUT2D eigenvalue weighted by Gasteiger charge is -2.17. The molecule has 3 aromatic rings. The highest BCUT2D eigenvalue weighted by molar-refractivity contribution is 5.94. The zero-order valence-corrected chi connectivity index (χ0v) is 11.9. The largest absolute Gasteiger partial charge is 0.326 e. The van der Waals surface area contributed by atoms with Crippen molar-refractivity contribution in [1.82, 2.24) is 14.4 Å². The van der Waals surface area contributed by atoms with Crippen molar-refractivity contribution in [3.05, 3.63) is 48.4 Å². The number of imidazole rings is 1. The third-order valence-corrected chi connectivity index (χ3v) is 3.53. The Kier molecular flexibility index (Phi) is 3.35. The summed E-state index contributed by atoms with van der Waals surface area (Å²) in [6.07, 6.45) is 6.95. The third kappa shape index (κ3) is 2.36. The number of hydrogen-bond acceptors (Lipinski definition) is 3. The summed E-state index contributed by atoms with van der Waals surface area (Å²) in [7, 11) is 0. The fraction of sp³-hybridized carbons (Fsp3) is 0.133. The first-order chi connectivity index (χ1) is 9.79. The molecule has 0 aliphatic carbocycles. The summed E-state index contributed by atoms with van der Waals surface area (Å²) in [6, 6.07) is 7.89. The standard InChI is InChI=1S/C15H12N4O.ClH/c20-14-5-3-10-8-11(2-4-12(10)17-14)13-9-19-7-1-6-16-15(19)18-13;/h1-2,4,6-9H,3,5H2,(H,17,20);1H. The Morgan fingerprint density at radius 2 is 2.14 bits per heavy atom. The number of hydrogen-bond donors (Lipinski definition) is 1. The first-order valence-corrected chi connectivity index (χ1v) is 6.52. The van der Waals surface area contributed by atoms with Crippen molar-refractivity contribution in [1.29, 1.82) is 0 Å². The molecule has 1 aliphatic heterocycles. The van der Waals surface area contributed by atoms with Crippen molar-refractivity contribution >= 4 is 29.8 Å². The van der Waals surface area contributed by atoms with Gasteiger partial charge in [-0.3, -0.25) is 9.20 Å². The summed E-state index contributed by atoms with van der Waals surface area (Å²) >= 11 is 0. The summed E-state index contributed by atoms with van der Waals surface area (Å²) in [5, 5.41) is 2.89. The van der Waals surface area contributed by atoms with Gasteiger partial charge in [-0.1, -0.05) is 6.07 Å². The van der Waals surface area contributed by atoms with E-state index in [9.17, 15) is 4.79 Å². The number of amides is 1. The minimum Gasteiger partial charge on any atom is -0.326 e. The van der Waals surface area contributed by atoms with Crippen LogP contribution >= 0.6 is 12.4 Å². The number of aromatic nitrogens is 3. The maximum atomic E-state index is 11.4. The molecule has 5 nitrogen and oxygen atoms in total. The molecule has 1 aliphatic rings. The van der Waals surface area contributed by atoms with Gasteiger partial charge in [0.25, 0.3) is 0 Å². The average molecular weight is 301 g/mol. The van der Waals surface area contributed by atoms with E-state index >= 15 is 0 Å². The van der Waals surface area contributed by atoms with Crippen LogP contribution in [0.1, 0.15) is 12.0 Å². The topological polar surface area (TPSA) is 59.3 Å². The number of carbonyl (C=O) groups is 1. The van der Waals surface area contributed by atoms with E-state index in [2.05, 4.69) is 21.4 Å². The number of nitrogens with zero attached hydrogens (tertiary/aromatic N) is 3. The lowest BCUT2D eigenvalue weighted by molar-refractivity contribution is -0.116. The van der Waals surface area contributed by atoms with E-state index in [0.717, 1.165) is 28.9 Å². The quantitative estimate of drug-likeness (QED) is 0.751. The second kappa shape index (κ2) is 5.18. The molecule has 0 atom stereocenters. The average Bonchev–Trinajstić information content (AvgIpc) is 2.90. The lowest BCUT2D eigenvalue weighted by atomic mass is 9.99. The van der Waals surface area contributed by atoms with Gasteiger partial charge in [-0.15, -0.1) is 12.4 Å². The van der Waals surface area contributed by atoms with Crippen LogP contribution < -0.4 is 5.32 Å². The van der Waals surface area contributed by atoms with E-state index in [-0.39, 0.29) is 18.3 Å². The molecular formula is C15H13ClN4O. The molecule has 1 aromatic carbocycles. The van der Waals surface area contributed by atoms with Crippen LogP contribution in [-0.4, -0.2) is 20.3 Å². The maximum Gasteiger partial charge on any atom is 0.234 e. The molecular weight excluding hydrogens is 288 g/mol. The molecule has 3 heterocycles. The summed E-state index contributed by atoms with van der Waals surface area (Å²) in [5.74, 6) is 0.774. The van der Waals surface area contributed by atoms with Crippen LogP contribution in [-0.2, 0) is 11.2 Å². The van der Waals surface area contributed by atoms with Crippen LogP contribution in [0.3, 0.4) is 0 Å². The zero-order valence-electron chi connectivity index (χ0n) is 11.1. The number of halogens is 1. The Bertz CT molecular complexity index is 794. The van der Waals surface area contributed by atoms with Gasteiger partial charge in [0.05, 0.1) is 5.69 Å². The number of nitrogens with one attached hydrogen (secondary N) is 1. The Morgan fingerprint density at radius 3 is 3.00 bits per heavy atom. The van der Waals surface area contributed by atoms with E-state index in [1.807, 2.05) is 35.0 Å². The highest BCUT2D eigenvalue weighted by atomic mass is 35.5. The summed E-state index contributed by atoms with van der Waals surface area (Å²) < 4.78 is 1.90. The smallest absolute Gasteiger partial charge is 0.234 e. The summed E-state index contributed by atoms with van der Waals surface area (Å²) in [4.78, 5) is 20.1. The van der Waals surface area contributed by atoms with Crippen molar-refractivity contribution < 1.29 is 4.79 Å². The molecule has 0 fully saturated rings. The first-order valence-electron chi connectivity index (χ1n) is 6.52. The molecule has 0 radical (unpaired) electrons. The predicted octanol–water partition coefficient (Wildman–Crippen LogP) is 2.70. The fourth-order valence-corrected chi connectivity index (χ4v) is 2.51. The van der Waals surface area contributed by atoms with Gasteiger partial charge in [0, 0.05) is 36.3 Å². The van der Waals surface area contributed by atoms with E-state index < -0.39 is 0 Å². The van der Waals surface area contributed by atoms with Crippen LogP contribution in [0.2, 0.25) is 0 Å². The molecule has 1 amide bonds. The first kappa shape index (κ1) is 13.6. The number of benzene rings is 1. The fourth-order valence-electron chi connectivity index (χ4n) is 2.51. The van der Waals surface area contributed by atoms with Crippen molar-refractivity contribution in [3.8, 4) is 11.3 Å². The van der Waals surface area contributed by atoms with E-state index in [4.69, 9.17) is 0 Å². The zero-order chi connectivity index (χ0) is 13.5. The Labute approximate surface area is 127 Å². The Hall–Kier alpha value is -2.40. The number of anilines is 1. The van der Waals surface area contributed by atoms with Crippen molar-refractivity contribution in [3.63, 3.8) is 0 Å². The molecule has 0 spiro atoms. The maximum absolute atomic E-state index is 11.4. The summed E-state index contributed by atoms with van der Waals surface area (Å²) in [5.41, 5.74) is 4.01. The minimum atomic E-state index is 0. The third-order valence-electron chi connectivity index (χ3n) is 3.53. The van der Waals surface area contributed by atoms with Gasteiger partial charge < -0.3 is 5.32 Å². The molecule has 0 unspecified atom stereocenters. The second-order valence-electron chi connectivity index (χ2n) is 4.87. The number of carbonyl (C=O) groups excluding carboxylic acids is 1. The van der Waals surface area contributed by atoms with Gasteiger partial charge >= 0.3 is 0 Å². The van der Waals surface area contributed by atoms with Crippen LogP contribution in [0, 0.1) is 0 Å². The van der Waals surface area contributed by atoms with Crippen molar-refractivity contribution in [2.45, 2.75) is 12.8 Å². The minimum absolute atomic E-state index is 0. The van der Waals surface area contributed by atoms with Crippen LogP contribution in [0.25, 0.3) is 17.0 Å². The SMILES string of the molecule is Cl.O=C1CCc2cc(-c3cn4cccnc4n3)ccc2N1. The Morgan fingerprint density at radius 1 is 1.24 bits per heavy atom. The van der Waals surface area contributed by atoms with Gasteiger partial charge in [0.2, 0.25) is 11.7 Å². The number of aryl methyl sites for hydroxylation is 1. The Balaban J connectivity index is 0.00000132. The van der Waals surface area contributed by atoms with Gasteiger partial charge in [-0.05, 0) is 30.2 Å². The normalized spacial score (nSPS) is 13.4. The monoisotopic (exact) mass is 300 g/mol. The molecule has 4 rings (SSSR count). The van der Waals surface area contributed by atoms with E-state index in [1.54, 1.807) is 6.20 Å². The van der Waals surface area contributed by atoms with Gasteiger partial charge in [-0.25, -0.2) is 9.97 Å². The molecule has 0 saturated carbocycles. The van der Waals surface area contributed by atoms with E-state index in [0.29, 0.717) is 12.2 Å². The van der Waals surface area contributed by atoms with Crippen molar-refractivity contribution in [2.75, 3.05) is 5.32 Å². The van der Waals surface area contributed by atoms with Crippen LogP contribution in [0.15, 0.2) is 42.9 Å².